The van der Waals surface area contributed by atoms with Gasteiger partial charge in [-0.25, -0.2) is 0 Å². The number of benzene rings is 2. The fraction of sp³-hybridized carbons (Fsp3) is 0.130. The number of hydrogen-bond donors (Lipinski definition) is 1. The van der Waals surface area contributed by atoms with Gasteiger partial charge in [-0.1, -0.05) is 42.5 Å². The second-order valence-electron chi connectivity index (χ2n) is 6.90. The van der Waals surface area contributed by atoms with Crippen molar-refractivity contribution >= 4 is 28.7 Å². The second kappa shape index (κ2) is 7.09. The lowest BCUT2D eigenvalue weighted by Gasteiger charge is -2.27. The second-order valence-corrected chi connectivity index (χ2v) is 7.85. The first-order valence-electron chi connectivity index (χ1n) is 8.95. The van der Waals surface area contributed by atoms with E-state index in [2.05, 4.69) is 0 Å². The highest BCUT2D eigenvalue weighted by molar-refractivity contribution is 7.12. The standard InChI is InChI=1S/C23H19NO3S/c1-14-11-15(2)13-17(12-14)24-20(16-7-4-3-5-8-16)19(22(26)23(24)27)21(25)18-9-6-10-28-18/h3-13,20,26H,1-2H3. The molecule has 0 radical (unpaired) electrons. The smallest absolute Gasteiger partial charge is 0.294 e. The largest absolute Gasteiger partial charge is 0.503 e. The zero-order chi connectivity index (χ0) is 19.8. The number of anilines is 1. The summed E-state index contributed by atoms with van der Waals surface area (Å²) in [6, 6.07) is 18.0. The van der Waals surface area contributed by atoms with Gasteiger partial charge in [0.05, 0.1) is 16.5 Å². The molecule has 0 spiro atoms. The number of Topliss-reactive ketones (excluding diaryl/α,β-unsaturated/α-hetero) is 1. The van der Waals surface area contributed by atoms with E-state index in [0.717, 1.165) is 16.7 Å². The quantitative estimate of drug-likeness (QED) is 0.628. The number of thiophene rings is 1. The highest BCUT2D eigenvalue weighted by Crippen LogP contribution is 2.42. The number of amides is 1. The van der Waals surface area contributed by atoms with Crippen LogP contribution in [0.2, 0.25) is 0 Å². The third kappa shape index (κ3) is 3.04. The average molecular weight is 389 g/mol. The molecule has 5 heteroatoms. The number of aryl methyl sites for hydroxylation is 2. The van der Waals surface area contributed by atoms with Gasteiger partial charge in [0, 0.05) is 5.69 Å². The number of aliphatic hydroxyl groups is 1. The molecule has 1 unspecified atom stereocenters. The van der Waals surface area contributed by atoms with Crippen LogP contribution in [0.3, 0.4) is 0 Å². The summed E-state index contributed by atoms with van der Waals surface area (Å²) in [5, 5.41) is 12.5. The molecule has 4 rings (SSSR count). The first-order valence-corrected chi connectivity index (χ1v) is 9.83. The topological polar surface area (TPSA) is 57.6 Å². The van der Waals surface area contributed by atoms with Crippen molar-refractivity contribution in [1.29, 1.82) is 0 Å². The maximum absolute atomic E-state index is 13.2. The Bertz CT molecular complexity index is 1060. The van der Waals surface area contributed by atoms with Crippen LogP contribution in [0.15, 0.2) is 77.4 Å². The Labute approximate surface area is 167 Å². The Hall–Kier alpha value is -3.18. The molecule has 3 aromatic rings. The molecule has 1 aliphatic heterocycles. The number of ketones is 1. The van der Waals surface area contributed by atoms with Gasteiger partial charge in [-0.05, 0) is 54.1 Å². The minimum Gasteiger partial charge on any atom is -0.503 e. The van der Waals surface area contributed by atoms with Crippen LogP contribution in [-0.2, 0) is 4.79 Å². The van der Waals surface area contributed by atoms with E-state index < -0.39 is 17.7 Å². The summed E-state index contributed by atoms with van der Waals surface area (Å²) in [5.74, 6) is -1.35. The first kappa shape index (κ1) is 18.2. The van der Waals surface area contributed by atoms with Crippen molar-refractivity contribution in [3.8, 4) is 0 Å². The van der Waals surface area contributed by atoms with Crippen molar-refractivity contribution in [3.63, 3.8) is 0 Å². The van der Waals surface area contributed by atoms with Crippen molar-refractivity contribution < 1.29 is 14.7 Å². The predicted molar refractivity (Wildman–Crippen MR) is 111 cm³/mol. The summed E-state index contributed by atoms with van der Waals surface area (Å²) < 4.78 is 0. The van der Waals surface area contributed by atoms with E-state index in [1.54, 1.807) is 17.5 Å². The number of hydrogen-bond acceptors (Lipinski definition) is 4. The molecule has 1 N–H and O–H groups in total. The van der Waals surface area contributed by atoms with E-state index in [4.69, 9.17) is 0 Å². The summed E-state index contributed by atoms with van der Waals surface area (Å²) in [7, 11) is 0. The Kier molecular flexibility index (Phi) is 4.61. The van der Waals surface area contributed by atoms with Gasteiger partial charge in [-0.15, -0.1) is 11.3 Å². The summed E-state index contributed by atoms with van der Waals surface area (Å²) in [5.41, 5.74) is 3.58. The van der Waals surface area contributed by atoms with Gasteiger partial charge in [-0.2, -0.15) is 0 Å². The van der Waals surface area contributed by atoms with Gasteiger partial charge >= 0.3 is 0 Å². The van der Waals surface area contributed by atoms with E-state index in [9.17, 15) is 14.7 Å². The van der Waals surface area contributed by atoms with Crippen LogP contribution >= 0.6 is 11.3 Å². The van der Waals surface area contributed by atoms with E-state index >= 15 is 0 Å². The fourth-order valence-electron chi connectivity index (χ4n) is 3.68. The van der Waals surface area contributed by atoms with Crippen LogP contribution < -0.4 is 4.90 Å². The van der Waals surface area contributed by atoms with Crippen molar-refractivity contribution in [1.82, 2.24) is 0 Å². The summed E-state index contributed by atoms with van der Waals surface area (Å²) in [6.07, 6.45) is 0. The van der Waals surface area contributed by atoms with Gasteiger partial charge in [0.2, 0.25) is 5.78 Å². The lowest BCUT2D eigenvalue weighted by Crippen LogP contribution is -2.31. The van der Waals surface area contributed by atoms with Crippen LogP contribution in [0.25, 0.3) is 0 Å². The third-order valence-corrected chi connectivity index (χ3v) is 5.67. The van der Waals surface area contributed by atoms with Crippen LogP contribution in [0.1, 0.15) is 32.4 Å². The molecule has 1 aromatic heterocycles. The summed E-state index contributed by atoms with van der Waals surface area (Å²) in [6.45, 7) is 3.92. The molecule has 2 aromatic carbocycles. The maximum Gasteiger partial charge on any atom is 0.294 e. The molecule has 0 bridgehead atoms. The van der Waals surface area contributed by atoms with Crippen molar-refractivity contribution in [2.24, 2.45) is 0 Å². The van der Waals surface area contributed by atoms with Crippen LogP contribution in [0.5, 0.6) is 0 Å². The van der Waals surface area contributed by atoms with Crippen molar-refractivity contribution in [3.05, 3.63) is 98.9 Å². The minimum absolute atomic E-state index is 0.123. The van der Waals surface area contributed by atoms with E-state index in [1.807, 2.05) is 62.4 Å². The number of aliphatic hydroxyl groups excluding tert-OH is 1. The number of carbonyl (C=O) groups is 2. The molecule has 2 heterocycles. The normalized spacial score (nSPS) is 16.7. The molecular formula is C23H19NO3S. The van der Waals surface area contributed by atoms with Gasteiger partial charge in [0.15, 0.2) is 5.76 Å². The zero-order valence-corrected chi connectivity index (χ0v) is 16.4. The van der Waals surface area contributed by atoms with Gasteiger partial charge in [-0.3, -0.25) is 14.5 Å². The zero-order valence-electron chi connectivity index (χ0n) is 15.5. The fourth-order valence-corrected chi connectivity index (χ4v) is 4.36. The molecule has 28 heavy (non-hydrogen) atoms. The summed E-state index contributed by atoms with van der Waals surface area (Å²) >= 11 is 1.30. The van der Waals surface area contributed by atoms with E-state index in [0.29, 0.717) is 10.6 Å². The third-order valence-electron chi connectivity index (χ3n) is 4.80. The molecule has 0 saturated carbocycles. The molecule has 1 amide bonds. The lowest BCUT2D eigenvalue weighted by molar-refractivity contribution is -0.117. The highest BCUT2D eigenvalue weighted by atomic mass is 32.1. The van der Waals surface area contributed by atoms with Crippen LogP contribution in [0, 0.1) is 13.8 Å². The molecule has 0 aliphatic carbocycles. The van der Waals surface area contributed by atoms with Gasteiger partial charge in [0.1, 0.15) is 0 Å². The number of nitrogens with zero attached hydrogens (tertiary/aromatic N) is 1. The van der Waals surface area contributed by atoms with Gasteiger partial charge in [0.25, 0.3) is 5.91 Å². The SMILES string of the molecule is Cc1cc(C)cc(N2C(=O)C(O)=C(C(=O)c3cccs3)C2c2ccccc2)c1. The number of carbonyl (C=O) groups excluding carboxylic acids is 2. The average Bonchev–Trinajstić information content (AvgIpc) is 3.29. The molecule has 140 valence electrons. The first-order chi connectivity index (χ1) is 13.5. The summed E-state index contributed by atoms with van der Waals surface area (Å²) in [4.78, 5) is 28.3. The highest BCUT2D eigenvalue weighted by Gasteiger charge is 2.44. The molecule has 4 nitrogen and oxygen atoms in total. The molecule has 0 saturated heterocycles. The van der Waals surface area contributed by atoms with Crippen LogP contribution in [-0.4, -0.2) is 16.8 Å². The number of rotatable bonds is 4. The monoisotopic (exact) mass is 389 g/mol. The van der Waals surface area contributed by atoms with Crippen molar-refractivity contribution in [2.75, 3.05) is 4.90 Å². The Morgan fingerprint density at radius 1 is 1.00 bits per heavy atom. The Morgan fingerprint density at radius 2 is 1.68 bits per heavy atom. The molecule has 1 aliphatic rings. The van der Waals surface area contributed by atoms with Crippen molar-refractivity contribution in [2.45, 2.75) is 19.9 Å². The lowest BCUT2D eigenvalue weighted by atomic mass is 9.95. The molecule has 0 fully saturated rings. The minimum atomic E-state index is -0.676. The van der Waals surface area contributed by atoms with E-state index in [-0.39, 0.29) is 11.4 Å². The predicted octanol–water partition coefficient (Wildman–Crippen LogP) is 5.15. The molecule has 1 atom stereocenters. The van der Waals surface area contributed by atoms with Gasteiger partial charge < -0.3 is 5.11 Å². The Balaban J connectivity index is 1.90. The van der Waals surface area contributed by atoms with Crippen LogP contribution in [0.4, 0.5) is 5.69 Å². The van der Waals surface area contributed by atoms with E-state index in [1.165, 1.54) is 16.2 Å². The molecular weight excluding hydrogens is 370 g/mol. The Morgan fingerprint density at radius 3 is 2.29 bits per heavy atom. The maximum atomic E-state index is 13.2.